The number of nitrogens with one attached hydrogen (secondary N) is 1. The van der Waals surface area contributed by atoms with E-state index in [2.05, 4.69) is 21.5 Å². The van der Waals surface area contributed by atoms with Gasteiger partial charge in [0.25, 0.3) is 0 Å². The molecule has 0 saturated carbocycles. The van der Waals surface area contributed by atoms with E-state index in [0.717, 1.165) is 11.3 Å². The summed E-state index contributed by atoms with van der Waals surface area (Å²) in [5.41, 5.74) is 2.99. The van der Waals surface area contributed by atoms with Gasteiger partial charge in [0, 0.05) is 18.4 Å². The minimum absolute atomic E-state index is 0.382. The van der Waals surface area contributed by atoms with Gasteiger partial charge in [0.05, 0.1) is 21.9 Å². The number of pyridine rings is 1. The standard InChI is InChI=1S/C17H13Cl2N5/c1-11-12(4-3-7-21-11)9-22-17-13(8-20)10-23-24(17)15-6-2-5-14(18)16(15)19/h2-7,10,22H,9H2,1H3. The van der Waals surface area contributed by atoms with Crippen molar-refractivity contribution in [2.45, 2.75) is 13.5 Å². The third-order valence-corrected chi connectivity index (χ3v) is 4.42. The van der Waals surface area contributed by atoms with E-state index in [9.17, 15) is 5.26 Å². The fourth-order valence-electron chi connectivity index (χ4n) is 2.32. The van der Waals surface area contributed by atoms with Crippen molar-refractivity contribution in [2.24, 2.45) is 0 Å². The van der Waals surface area contributed by atoms with Crippen molar-refractivity contribution >= 4 is 29.0 Å². The molecule has 3 rings (SSSR count). The van der Waals surface area contributed by atoms with Gasteiger partial charge in [0.1, 0.15) is 17.5 Å². The fourth-order valence-corrected chi connectivity index (χ4v) is 2.70. The summed E-state index contributed by atoms with van der Waals surface area (Å²) in [4.78, 5) is 4.26. The molecule has 0 aliphatic heterocycles. The molecule has 0 aliphatic carbocycles. The molecule has 0 amide bonds. The molecular formula is C17H13Cl2N5. The number of rotatable bonds is 4. The molecule has 5 nitrogen and oxygen atoms in total. The van der Waals surface area contributed by atoms with Crippen molar-refractivity contribution in [3.8, 4) is 11.8 Å². The highest BCUT2D eigenvalue weighted by Crippen LogP contribution is 2.31. The Bertz CT molecular complexity index is 927. The highest BCUT2D eigenvalue weighted by Gasteiger charge is 2.15. The molecule has 0 atom stereocenters. The van der Waals surface area contributed by atoms with Gasteiger partial charge in [0.2, 0.25) is 0 Å². The first-order valence-electron chi connectivity index (χ1n) is 7.18. The van der Waals surface area contributed by atoms with E-state index in [1.165, 1.54) is 6.20 Å². The molecule has 1 N–H and O–H groups in total. The molecule has 7 heteroatoms. The molecule has 0 fully saturated rings. The first-order valence-corrected chi connectivity index (χ1v) is 7.94. The maximum absolute atomic E-state index is 9.34. The van der Waals surface area contributed by atoms with Crippen LogP contribution in [0, 0.1) is 18.3 Å². The van der Waals surface area contributed by atoms with Crippen molar-refractivity contribution in [1.29, 1.82) is 5.26 Å². The molecule has 120 valence electrons. The second-order valence-corrected chi connectivity index (χ2v) is 5.89. The lowest BCUT2D eigenvalue weighted by Crippen LogP contribution is -2.09. The fraction of sp³-hybridized carbons (Fsp3) is 0.118. The Hall–Kier alpha value is -2.55. The number of anilines is 1. The molecule has 0 unspecified atom stereocenters. The van der Waals surface area contributed by atoms with Crippen molar-refractivity contribution in [3.63, 3.8) is 0 Å². The predicted octanol–water partition coefficient (Wildman–Crippen LogP) is 4.37. The molecule has 0 spiro atoms. The van der Waals surface area contributed by atoms with Gasteiger partial charge in [-0.1, -0.05) is 35.3 Å². The van der Waals surface area contributed by atoms with Gasteiger partial charge in [-0.2, -0.15) is 10.4 Å². The summed E-state index contributed by atoms with van der Waals surface area (Å²) >= 11 is 12.4. The molecule has 0 radical (unpaired) electrons. The average Bonchev–Trinajstić information content (AvgIpc) is 2.99. The summed E-state index contributed by atoms with van der Waals surface area (Å²) in [5, 5.41) is 17.7. The van der Waals surface area contributed by atoms with Crippen LogP contribution < -0.4 is 5.32 Å². The van der Waals surface area contributed by atoms with Crippen LogP contribution in [0.4, 0.5) is 5.82 Å². The van der Waals surface area contributed by atoms with E-state index in [1.54, 1.807) is 29.1 Å². The molecule has 1 aromatic carbocycles. The van der Waals surface area contributed by atoms with Gasteiger partial charge in [-0.25, -0.2) is 4.68 Å². The highest BCUT2D eigenvalue weighted by molar-refractivity contribution is 6.43. The first kappa shape index (κ1) is 16.3. The number of hydrogen-bond donors (Lipinski definition) is 1. The minimum atomic E-state index is 0.382. The second-order valence-electron chi connectivity index (χ2n) is 5.10. The third-order valence-electron chi connectivity index (χ3n) is 3.61. The Kier molecular flexibility index (Phi) is 4.70. The van der Waals surface area contributed by atoms with Gasteiger partial charge in [-0.05, 0) is 30.7 Å². The SMILES string of the molecule is Cc1ncccc1CNc1c(C#N)cnn1-c1cccc(Cl)c1Cl. The zero-order valence-electron chi connectivity index (χ0n) is 12.8. The molecule has 0 saturated heterocycles. The second kappa shape index (κ2) is 6.91. The summed E-state index contributed by atoms with van der Waals surface area (Å²) in [6.07, 6.45) is 3.24. The van der Waals surface area contributed by atoms with Crippen molar-refractivity contribution in [2.75, 3.05) is 5.32 Å². The van der Waals surface area contributed by atoms with Crippen LogP contribution in [-0.4, -0.2) is 14.8 Å². The summed E-state index contributed by atoms with van der Waals surface area (Å²) in [6, 6.07) is 11.3. The maximum atomic E-state index is 9.34. The number of hydrogen-bond acceptors (Lipinski definition) is 4. The molecule has 0 bridgehead atoms. The Morgan fingerprint density at radius 2 is 2.08 bits per heavy atom. The van der Waals surface area contributed by atoms with E-state index in [4.69, 9.17) is 23.2 Å². The highest BCUT2D eigenvalue weighted by atomic mass is 35.5. The zero-order valence-corrected chi connectivity index (χ0v) is 14.3. The van der Waals surface area contributed by atoms with Gasteiger partial charge >= 0.3 is 0 Å². The van der Waals surface area contributed by atoms with Crippen LogP contribution in [0.5, 0.6) is 0 Å². The van der Waals surface area contributed by atoms with E-state index < -0.39 is 0 Å². The monoisotopic (exact) mass is 357 g/mol. The molecule has 0 aliphatic rings. The lowest BCUT2D eigenvalue weighted by molar-refractivity contribution is 0.873. The maximum Gasteiger partial charge on any atom is 0.148 e. The van der Waals surface area contributed by atoms with Crippen LogP contribution in [0.2, 0.25) is 10.0 Å². The summed E-state index contributed by atoms with van der Waals surface area (Å²) in [5.74, 6) is 0.560. The molecule has 24 heavy (non-hydrogen) atoms. The lowest BCUT2D eigenvalue weighted by Gasteiger charge is -2.13. The minimum Gasteiger partial charge on any atom is -0.365 e. The Balaban J connectivity index is 1.99. The van der Waals surface area contributed by atoms with E-state index in [0.29, 0.717) is 33.7 Å². The number of nitrogens with zero attached hydrogens (tertiary/aromatic N) is 4. The van der Waals surface area contributed by atoms with E-state index in [-0.39, 0.29) is 0 Å². The molecular weight excluding hydrogens is 345 g/mol. The van der Waals surface area contributed by atoms with Gasteiger partial charge in [-0.3, -0.25) is 4.98 Å². The summed E-state index contributed by atoms with van der Waals surface area (Å²) < 4.78 is 1.58. The van der Waals surface area contributed by atoms with Crippen LogP contribution in [-0.2, 0) is 6.54 Å². The smallest absolute Gasteiger partial charge is 0.148 e. The lowest BCUT2D eigenvalue weighted by atomic mass is 10.2. The number of halogens is 2. The van der Waals surface area contributed by atoms with E-state index in [1.807, 2.05) is 19.1 Å². The van der Waals surface area contributed by atoms with Crippen LogP contribution >= 0.6 is 23.2 Å². The number of aromatic nitrogens is 3. The van der Waals surface area contributed by atoms with Gasteiger partial charge in [-0.15, -0.1) is 0 Å². The summed E-state index contributed by atoms with van der Waals surface area (Å²) in [6.45, 7) is 2.45. The quantitative estimate of drug-likeness (QED) is 0.752. The average molecular weight is 358 g/mol. The Morgan fingerprint density at radius 1 is 1.25 bits per heavy atom. The van der Waals surface area contributed by atoms with E-state index >= 15 is 0 Å². The van der Waals surface area contributed by atoms with Gasteiger partial charge < -0.3 is 5.32 Å². The van der Waals surface area contributed by atoms with Crippen molar-refractivity contribution < 1.29 is 0 Å². The number of benzene rings is 1. The van der Waals surface area contributed by atoms with Crippen molar-refractivity contribution in [1.82, 2.24) is 14.8 Å². The Labute approximate surface area is 149 Å². The molecule has 2 heterocycles. The first-order chi connectivity index (χ1) is 11.6. The number of nitriles is 1. The molecule has 3 aromatic rings. The van der Waals surface area contributed by atoms with Crippen LogP contribution in [0.1, 0.15) is 16.8 Å². The van der Waals surface area contributed by atoms with Crippen LogP contribution in [0.15, 0.2) is 42.7 Å². The van der Waals surface area contributed by atoms with Crippen LogP contribution in [0.25, 0.3) is 5.69 Å². The largest absolute Gasteiger partial charge is 0.365 e. The predicted molar refractivity (Wildman–Crippen MR) is 94.6 cm³/mol. The van der Waals surface area contributed by atoms with Crippen molar-refractivity contribution in [3.05, 3.63) is 69.6 Å². The summed E-state index contributed by atoms with van der Waals surface area (Å²) in [7, 11) is 0. The topological polar surface area (TPSA) is 66.5 Å². The zero-order chi connectivity index (χ0) is 17.1. The van der Waals surface area contributed by atoms with Crippen LogP contribution in [0.3, 0.4) is 0 Å². The third kappa shape index (κ3) is 3.07. The number of aryl methyl sites for hydroxylation is 1. The normalized spacial score (nSPS) is 10.4. The van der Waals surface area contributed by atoms with Gasteiger partial charge in [0.15, 0.2) is 0 Å². The Morgan fingerprint density at radius 3 is 2.83 bits per heavy atom. The molecule has 2 aromatic heterocycles.